The van der Waals surface area contributed by atoms with Gasteiger partial charge in [-0.2, -0.15) is 0 Å². The van der Waals surface area contributed by atoms with Crippen molar-refractivity contribution in [3.63, 3.8) is 0 Å². The summed E-state index contributed by atoms with van der Waals surface area (Å²) in [6.45, 7) is 4.49. The zero-order chi connectivity index (χ0) is 19.7. The molecule has 2 amide bonds. The van der Waals surface area contributed by atoms with Crippen molar-refractivity contribution in [1.29, 1.82) is 0 Å². The zero-order valence-corrected chi connectivity index (χ0v) is 16.4. The molecule has 6 heteroatoms. The number of pyridine rings is 1. The summed E-state index contributed by atoms with van der Waals surface area (Å²) in [5.41, 5.74) is 2.22. The maximum atomic E-state index is 12.9. The smallest absolute Gasteiger partial charge is 0.255 e. The first-order valence-corrected chi connectivity index (χ1v) is 9.66. The molecule has 2 aliphatic rings. The highest BCUT2D eigenvalue weighted by Crippen LogP contribution is 2.42. The van der Waals surface area contributed by atoms with Gasteiger partial charge in [0.1, 0.15) is 5.75 Å². The van der Waals surface area contributed by atoms with Crippen molar-refractivity contribution in [1.82, 2.24) is 14.8 Å². The van der Waals surface area contributed by atoms with Crippen molar-refractivity contribution in [2.75, 3.05) is 26.7 Å². The lowest BCUT2D eigenvalue weighted by Gasteiger charge is -2.52. The number of hydrogen-bond acceptors (Lipinski definition) is 4. The Morgan fingerprint density at radius 3 is 2.50 bits per heavy atom. The molecule has 0 N–H and O–H groups in total. The number of benzene rings is 1. The molecule has 146 valence electrons. The minimum atomic E-state index is -0.284. The average Bonchev–Trinajstić information content (AvgIpc) is 2.74. The summed E-state index contributed by atoms with van der Waals surface area (Å²) in [6, 6.07) is 11.4. The second kappa shape index (κ2) is 7.26. The van der Waals surface area contributed by atoms with Gasteiger partial charge in [-0.05, 0) is 49.6 Å². The van der Waals surface area contributed by atoms with Gasteiger partial charge in [0.05, 0.1) is 18.1 Å². The topological polar surface area (TPSA) is 62.7 Å². The van der Waals surface area contributed by atoms with Crippen LogP contribution in [0.15, 0.2) is 42.6 Å². The van der Waals surface area contributed by atoms with Gasteiger partial charge in [-0.25, -0.2) is 0 Å². The van der Waals surface area contributed by atoms with E-state index in [1.807, 2.05) is 47.1 Å². The molecule has 6 nitrogen and oxygen atoms in total. The fourth-order valence-corrected chi connectivity index (χ4v) is 4.22. The quantitative estimate of drug-likeness (QED) is 0.767. The van der Waals surface area contributed by atoms with Crippen LogP contribution in [0.25, 0.3) is 0 Å². The predicted octanol–water partition coefficient (Wildman–Crippen LogP) is 2.66. The maximum Gasteiger partial charge on any atom is 0.255 e. The van der Waals surface area contributed by atoms with Gasteiger partial charge < -0.3 is 14.5 Å². The Balaban J connectivity index is 1.34. The third-order valence-electron chi connectivity index (χ3n) is 6.01. The molecule has 1 aromatic carbocycles. The van der Waals surface area contributed by atoms with Crippen molar-refractivity contribution in [3.05, 3.63) is 59.4 Å². The monoisotopic (exact) mass is 379 g/mol. The molecule has 2 aliphatic heterocycles. The van der Waals surface area contributed by atoms with E-state index in [0.29, 0.717) is 25.2 Å². The Kier molecular flexibility index (Phi) is 4.79. The van der Waals surface area contributed by atoms with Gasteiger partial charge in [-0.15, -0.1) is 0 Å². The molecule has 0 bridgehead atoms. The van der Waals surface area contributed by atoms with Crippen molar-refractivity contribution in [2.45, 2.75) is 26.3 Å². The molecule has 4 rings (SSSR count). The molecule has 3 heterocycles. The van der Waals surface area contributed by atoms with Gasteiger partial charge in [0, 0.05) is 38.1 Å². The molecule has 1 aromatic heterocycles. The van der Waals surface area contributed by atoms with Crippen LogP contribution >= 0.6 is 0 Å². The minimum Gasteiger partial charge on any atom is -0.497 e. The summed E-state index contributed by atoms with van der Waals surface area (Å²) >= 11 is 0. The van der Waals surface area contributed by atoms with Gasteiger partial charge >= 0.3 is 0 Å². The molecule has 2 saturated heterocycles. The number of aromatic nitrogens is 1. The van der Waals surface area contributed by atoms with E-state index in [1.54, 1.807) is 19.4 Å². The summed E-state index contributed by atoms with van der Waals surface area (Å²) in [4.78, 5) is 33.6. The molecule has 1 spiro atoms. The number of amides is 2. The van der Waals surface area contributed by atoms with Crippen LogP contribution < -0.4 is 4.74 Å². The Morgan fingerprint density at radius 2 is 1.89 bits per heavy atom. The number of rotatable bonds is 4. The van der Waals surface area contributed by atoms with Crippen LogP contribution in [0.3, 0.4) is 0 Å². The third-order valence-corrected chi connectivity index (χ3v) is 6.01. The average molecular weight is 379 g/mol. The Labute approximate surface area is 165 Å². The van der Waals surface area contributed by atoms with Crippen LogP contribution in [0.5, 0.6) is 5.75 Å². The largest absolute Gasteiger partial charge is 0.497 e. The highest BCUT2D eigenvalue weighted by Gasteiger charge is 2.53. The fourth-order valence-electron chi connectivity index (χ4n) is 4.22. The second-order valence-corrected chi connectivity index (χ2v) is 7.72. The first-order valence-electron chi connectivity index (χ1n) is 9.66. The van der Waals surface area contributed by atoms with Crippen LogP contribution in [0.4, 0.5) is 0 Å². The number of nitrogens with zero attached hydrogens (tertiary/aromatic N) is 3. The maximum absolute atomic E-state index is 12.9. The summed E-state index contributed by atoms with van der Waals surface area (Å²) in [6.07, 6.45) is 3.16. The number of carbonyl (C=O) groups excluding carboxylic acids is 2. The van der Waals surface area contributed by atoms with Gasteiger partial charge in [-0.3, -0.25) is 14.6 Å². The lowest BCUT2D eigenvalue weighted by atomic mass is 9.71. The van der Waals surface area contributed by atoms with Crippen molar-refractivity contribution < 1.29 is 14.3 Å². The molecular weight excluding hydrogens is 354 g/mol. The highest BCUT2D eigenvalue weighted by atomic mass is 16.5. The lowest BCUT2D eigenvalue weighted by molar-refractivity contribution is -0.165. The van der Waals surface area contributed by atoms with E-state index in [4.69, 9.17) is 4.74 Å². The molecule has 0 atom stereocenters. The molecule has 2 aromatic rings. The Morgan fingerprint density at radius 1 is 1.18 bits per heavy atom. The second-order valence-electron chi connectivity index (χ2n) is 7.72. The van der Waals surface area contributed by atoms with Crippen LogP contribution in [-0.4, -0.2) is 53.3 Å². The van der Waals surface area contributed by atoms with E-state index in [2.05, 4.69) is 4.98 Å². The molecule has 28 heavy (non-hydrogen) atoms. The third kappa shape index (κ3) is 3.23. The van der Waals surface area contributed by atoms with Crippen molar-refractivity contribution >= 4 is 11.8 Å². The number of likely N-dealkylation sites (tertiary alicyclic amines) is 2. The van der Waals surface area contributed by atoms with E-state index >= 15 is 0 Å². The number of carbonyl (C=O) groups is 2. The van der Waals surface area contributed by atoms with E-state index in [1.165, 1.54) is 0 Å². The van der Waals surface area contributed by atoms with E-state index in [-0.39, 0.29) is 17.2 Å². The number of β-lactam (4-membered cyclic amide) rings is 1. The number of hydrogen-bond donors (Lipinski definition) is 0. The summed E-state index contributed by atoms with van der Waals surface area (Å²) < 4.78 is 5.18. The minimum absolute atomic E-state index is 0.0160. The van der Waals surface area contributed by atoms with Gasteiger partial charge in [0.2, 0.25) is 5.91 Å². The van der Waals surface area contributed by atoms with Crippen molar-refractivity contribution in [3.8, 4) is 5.75 Å². The van der Waals surface area contributed by atoms with Crippen LogP contribution in [-0.2, 0) is 11.3 Å². The summed E-state index contributed by atoms with van der Waals surface area (Å²) in [5.74, 6) is 1.05. The standard InChI is InChI=1S/C22H25N3O3/c1-16-19(4-3-11-23-16)20(26)24-12-9-22(10-13-24)15-25(21(22)27)14-17-5-7-18(28-2)8-6-17/h3-8,11H,9-10,12-15H2,1-2H3. The summed E-state index contributed by atoms with van der Waals surface area (Å²) in [5, 5.41) is 0. The number of methoxy groups -OCH3 is 1. The molecule has 0 radical (unpaired) electrons. The highest BCUT2D eigenvalue weighted by molar-refractivity contribution is 5.95. The van der Waals surface area contributed by atoms with Crippen molar-refractivity contribution in [2.24, 2.45) is 5.41 Å². The summed E-state index contributed by atoms with van der Waals surface area (Å²) in [7, 11) is 1.64. The van der Waals surface area contributed by atoms with Crippen LogP contribution in [0.1, 0.15) is 34.5 Å². The van der Waals surface area contributed by atoms with Crippen LogP contribution in [0, 0.1) is 12.3 Å². The molecule has 0 saturated carbocycles. The van der Waals surface area contributed by atoms with Gasteiger partial charge in [0.25, 0.3) is 5.91 Å². The van der Waals surface area contributed by atoms with Gasteiger partial charge in [0.15, 0.2) is 0 Å². The lowest BCUT2D eigenvalue weighted by Crippen LogP contribution is -2.64. The fraction of sp³-hybridized carbons (Fsp3) is 0.409. The first-order chi connectivity index (χ1) is 13.5. The Hall–Kier alpha value is -2.89. The number of piperidine rings is 1. The molecule has 0 unspecified atom stereocenters. The molecule has 2 fully saturated rings. The molecule has 0 aliphatic carbocycles. The molecular formula is C22H25N3O3. The normalized spacial score (nSPS) is 18.1. The van der Waals surface area contributed by atoms with E-state index in [0.717, 1.165) is 36.4 Å². The number of aryl methyl sites for hydroxylation is 1. The SMILES string of the molecule is COc1ccc(CN2CC3(CCN(C(=O)c4cccnc4C)CC3)C2=O)cc1. The van der Waals surface area contributed by atoms with E-state index in [9.17, 15) is 9.59 Å². The zero-order valence-electron chi connectivity index (χ0n) is 16.4. The van der Waals surface area contributed by atoms with Gasteiger partial charge in [-0.1, -0.05) is 12.1 Å². The predicted molar refractivity (Wildman–Crippen MR) is 105 cm³/mol. The van der Waals surface area contributed by atoms with Crippen LogP contribution in [0.2, 0.25) is 0 Å². The Bertz CT molecular complexity index is 886. The number of ether oxygens (including phenoxy) is 1. The van der Waals surface area contributed by atoms with E-state index < -0.39 is 0 Å². The first kappa shape index (κ1) is 18.5.